The van der Waals surface area contributed by atoms with Crippen molar-refractivity contribution in [2.45, 2.75) is 40.5 Å². The van der Waals surface area contributed by atoms with Crippen LogP contribution in [-0.4, -0.2) is 5.78 Å². The molecule has 2 aliphatic carbocycles. The first-order valence-electron chi connectivity index (χ1n) is 4.94. The van der Waals surface area contributed by atoms with E-state index >= 15 is 0 Å². The average molecular weight is 166 g/mol. The van der Waals surface area contributed by atoms with E-state index < -0.39 is 0 Å². The van der Waals surface area contributed by atoms with E-state index in [1.807, 2.05) is 0 Å². The van der Waals surface area contributed by atoms with Crippen molar-refractivity contribution in [2.75, 3.05) is 0 Å². The molecular weight excluding hydrogens is 148 g/mol. The van der Waals surface area contributed by atoms with Crippen LogP contribution in [0.15, 0.2) is 0 Å². The quantitative estimate of drug-likeness (QED) is 0.540. The van der Waals surface area contributed by atoms with Crippen LogP contribution >= 0.6 is 0 Å². The van der Waals surface area contributed by atoms with Crippen LogP contribution in [-0.2, 0) is 4.79 Å². The molecule has 3 unspecified atom stereocenters. The van der Waals surface area contributed by atoms with Crippen LogP contribution in [0.1, 0.15) is 40.5 Å². The molecule has 0 spiro atoms. The van der Waals surface area contributed by atoms with Crippen LogP contribution < -0.4 is 0 Å². The molecule has 0 aromatic rings. The number of Topliss-reactive ketones (excluding diaryl/α,β-unsaturated/α-hetero) is 1. The summed E-state index contributed by atoms with van der Waals surface area (Å²) in [7, 11) is 0. The van der Waals surface area contributed by atoms with E-state index in [0.717, 1.165) is 6.42 Å². The average Bonchev–Trinajstić information content (AvgIpc) is 2.20. The Kier molecular flexibility index (Phi) is 1.34. The molecule has 1 heteroatoms. The van der Waals surface area contributed by atoms with Crippen LogP contribution in [0.5, 0.6) is 0 Å². The van der Waals surface area contributed by atoms with Crippen LogP contribution in [0.25, 0.3) is 0 Å². The Labute approximate surface area is 74.5 Å². The number of hydrogen-bond donors (Lipinski definition) is 0. The number of fused-ring (bicyclic) bond motifs is 2. The minimum absolute atomic E-state index is 0.0162. The van der Waals surface area contributed by atoms with E-state index in [1.54, 1.807) is 0 Å². The van der Waals surface area contributed by atoms with E-state index in [-0.39, 0.29) is 10.8 Å². The highest BCUT2D eigenvalue weighted by Crippen LogP contribution is 2.65. The summed E-state index contributed by atoms with van der Waals surface area (Å²) in [6, 6.07) is 0. The van der Waals surface area contributed by atoms with Crippen molar-refractivity contribution in [2.24, 2.45) is 22.7 Å². The van der Waals surface area contributed by atoms with Gasteiger partial charge in [0.1, 0.15) is 5.78 Å². The number of ketones is 1. The largest absolute Gasteiger partial charge is 0.299 e. The fraction of sp³-hybridized carbons (Fsp3) is 0.909. The predicted octanol–water partition coefficient (Wildman–Crippen LogP) is 2.65. The number of carbonyl (C=O) groups excluding carboxylic acids is 1. The van der Waals surface area contributed by atoms with Gasteiger partial charge >= 0.3 is 0 Å². The van der Waals surface area contributed by atoms with Crippen molar-refractivity contribution in [1.29, 1.82) is 0 Å². The lowest BCUT2D eigenvalue weighted by atomic mass is 9.67. The molecule has 12 heavy (non-hydrogen) atoms. The summed E-state index contributed by atoms with van der Waals surface area (Å²) < 4.78 is 0. The van der Waals surface area contributed by atoms with Crippen molar-refractivity contribution in [3.63, 3.8) is 0 Å². The number of rotatable bonds is 0. The van der Waals surface area contributed by atoms with Crippen molar-refractivity contribution in [3.8, 4) is 0 Å². The van der Waals surface area contributed by atoms with Gasteiger partial charge in [-0.1, -0.05) is 27.7 Å². The van der Waals surface area contributed by atoms with Gasteiger partial charge in [0.25, 0.3) is 0 Å². The fourth-order valence-corrected chi connectivity index (χ4v) is 3.42. The lowest BCUT2D eigenvalue weighted by Gasteiger charge is -2.36. The lowest BCUT2D eigenvalue weighted by molar-refractivity contribution is -0.130. The summed E-state index contributed by atoms with van der Waals surface area (Å²) in [5.74, 6) is 1.76. The molecule has 0 aromatic heterocycles. The van der Waals surface area contributed by atoms with Gasteiger partial charge in [0, 0.05) is 11.8 Å². The van der Waals surface area contributed by atoms with E-state index in [0.29, 0.717) is 17.6 Å². The maximum Gasteiger partial charge on any atom is 0.139 e. The Morgan fingerprint density at radius 3 is 2.17 bits per heavy atom. The molecule has 0 saturated heterocycles. The molecule has 2 fully saturated rings. The summed E-state index contributed by atoms with van der Waals surface area (Å²) in [6.07, 6.45) is 2.10. The van der Waals surface area contributed by atoms with Gasteiger partial charge in [-0.05, 0) is 23.7 Å². The number of carbonyl (C=O) groups is 1. The van der Waals surface area contributed by atoms with Crippen molar-refractivity contribution >= 4 is 5.78 Å². The molecule has 0 heterocycles. The summed E-state index contributed by atoms with van der Waals surface area (Å²) in [6.45, 7) is 8.95. The van der Waals surface area contributed by atoms with Crippen LogP contribution in [0, 0.1) is 22.7 Å². The monoisotopic (exact) mass is 166 g/mol. The Hall–Kier alpha value is -0.330. The predicted molar refractivity (Wildman–Crippen MR) is 48.8 cm³/mol. The minimum Gasteiger partial charge on any atom is -0.299 e. The summed E-state index contributed by atoms with van der Waals surface area (Å²) in [4.78, 5) is 11.8. The van der Waals surface area contributed by atoms with Gasteiger partial charge in [0.15, 0.2) is 0 Å². The Bertz CT molecular complexity index is 241. The van der Waals surface area contributed by atoms with E-state index in [2.05, 4.69) is 27.7 Å². The van der Waals surface area contributed by atoms with Crippen LogP contribution in [0.2, 0.25) is 0 Å². The topological polar surface area (TPSA) is 17.1 Å². The van der Waals surface area contributed by atoms with Crippen LogP contribution in [0.4, 0.5) is 0 Å². The third-order valence-corrected chi connectivity index (χ3v) is 4.99. The van der Waals surface area contributed by atoms with Gasteiger partial charge in [-0.25, -0.2) is 0 Å². The van der Waals surface area contributed by atoms with Crippen LogP contribution in [0.3, 0.4) is 0 Å². The molecule has 0 N–H and O–H groups in total. The van der Waals surface area contributed by atoms with Crippen molar-refractivity contribution in [1.82, 2.24) is 0 Å². The highest BCUT2D eigenvalue weighted by atomic mass is 16.1. The van der Waals surface area contributed by atoms with E-state index in [9.17, 15) is 4.79 Å². The molecule has 0 aromatic carbocycles. The summed E-state index contributed by atoms with van der Waals surface area (Å²) in [5.41, 5.74) is 0.237. The fourth-order valence-electron chi connectivity index (χ4n) is 3.42. The maximum absolute atomic E-state index is 11.8. The molecule has 3 atom stereocenters. The maximum atomic E-state index is 11.8. The first-order valence-corrected chi connectivity index (χ1v) is 4.94. The molecular formula is C11H18O. The first-order chi connectivity index (χ1) is 5.40. The molecule has 2 aliphatic rings. The molecule has 1 nitrogen and oxygen atoms in total. The highest BCUT2D eigenvalue weighted by Gasteiger charge is 2.64. The molecule has 2 saturated carbocycles. The Morgan fingerprint density at radius 1 is 1.33 bits per heavy atom. The van der Waals surface area contributed by atoms with Gasteiger partial charge in [-0.2, -0.15) is 0 Å². The third-order valence-electron chi connectivity index (χ3n) is 4.99. The molecule has 2 bridgehead atoms. The second-order valence-electron chi connectivity index (χ2n) is 5.39. The molecule has 0 radical (unpaired) electrons. The molecule has 0 amide bonds. The SMILES string of the molecule is CC1CC2CC(=O)C1(C)C2(C)C. The van der Waals surface area contributed by atoms with Crippen molar-refractivity contribution in [3.05, 3.63) is 0 Å². The molecule has 68 valence electrons. The standard InChI is InChI=1S/C11H18O/c1-7-5-8-6-9(12)11(7,4)10(8,2)3/h7-8H,5-6H2,1-4H3. The smallest absolute Gasteiger partial charge is 0.139 e. The van der Waals surface area contributed by atoms with Gasteiger partial charge < -0.3 is 0 Å². The zero-order valence-corrected chi connectivity index (χ0v) is 8.48. The zero-order chi connectivity index (χ0) is 9.15. The third kappa shape index (κ3) is 0.605. The van der Waals surface area contributed by atoms with Gasteiger partial charge in [0.05, 0.1) is 0 Å². The lowest BCUT2D eigenvalue weighted by Crippen LogP contribution is -2.37. The highest BCUT2D eigenvalue weighted by molar-refractivity contribution is 5.89. The Balaban J connectivity index is 2.51. The van der Waals surface area contributed by atoms with Crippen molar-refractivity contribution < 1.29 is 4.79 Å². The molecule has 0 aliphatic heterocycles. The molecule has 2 rings (SSSR count). The Morgan fingerprint density at radius 2 is 1.92 bits per heavy atom. The summed E-state index contributed by atoms with van der Waals surface area (Å²) >= 11 is 0. The van der Waals surface area contributed by atoms with E-state index in [4.69, 9.17) is 0 Å². The summed E-state index contributed by atoms with van der Waals surface area (Å²) in [5, 5.41) is 0. The second kappa shape index (κ2) is 1.94. The van der Waals surface area contributed by atoms with Gasteiger partial charge in [-0.15, -0.1) is 0 Å². The number of hydrogen-bond acceptors (Lipinski definition) is 1. The zero-order valence-electron chi connectivity index (χ0n) is 8.48. The first kappa shape index (κ1) is 8.28. The second-order valence-corrected chi connectivity index (χ2v) is 5.39. The van der Waals surface area contributed by atoms with Gasteiger partial charge in [-0.3, -0.25) is 4.79 Å². The van der Waals surface area contributed by atoms with Gasteiger partial charge in [0.2, 0.25) is 0 Å². The minimum atomic E-state index is -0.0162. The normalized spacial score (nSPS) is 50.2. The van der Waals surface area contributed by atoms with E-state index in [1.165, 1.54) is 6.42 Å².